The number of nitrogens with zero attached hydrogens (tertiary/aromatic N) is 3. The van der Waals surface area contributed by atoms with Crippen LogP contribution in [-0.4, -0.2) is 29.0 Å². The van der Waals surface area contributed by atoms with Crippen LogP contribution in [0.3, 0.4) is 0 Å². The number of amides is 1. The van der Waals surface area contributed by atoms with Crippen molar-refractivity contribution in [1.82, 2.24) is 9.97 Å². The van der Waals surface area contributed by atoms with E-state index in [0.717, 1.165) is 42.7 Å². The fourth-order valence-electron chi connectivity index (χ4n) is 2.78. The van der Waals surface area contributed by atoms with Crippen molar-refractivity contribution in [2.75, 3.05) is 18.0 Å². The zero-order valence-electron chi connectivity index (χ0n) is 11.5. The zero-order chi connectivity index (χ0) is 14.1. The van der Waals surface area contributed by atoms with Crippen molar-refractivity contribution in [2.24, 2.45) is 11.7 Å². The fourth-order valence-corrected chi connectivity index (χ4v) is 2.78. The summed E-state index contributed by atoms with van der Waals surface area (Å²) in [6.07, 6.45) is 3.20. The van der Waals surface area contributed by atoms with Gasteiger partial charge in [-0.2, -0.15) is 0 Å². The van der Waals surface area contributed by atoms with E-state index >= 15 is 0 Å². The van der Waals surface area contributed by atoms with E-state index in [2.05, 4.69) is 33.9 Å². The summed E-state index contributed by atoms with van der Waals surface area (Å²) < 4.78 is 0. The normalized spacial score (nSPS) is 16.6. The monoisotopic (exact) mass is 270 g/mol. The molecule has 0 atom stereocenters. The third-order valence-electron chi connectivity index (χ3n) is 3.97. The van der Waals surface area contributed by atoms with Gasteiger partial charge in [-0.25, -0.2) is 9.97 Å². The molecule has 20 heavy (non-hydrogen) atoms. The SMILES string of the molecule is Cc1ccc2ncnc(N3CCC(C(N)=O)CC3)c2c1. The number of primary amides is 1. The van der Waals surface area contributed by atoms with Gasteiger partial charge in [-0.1, -0.05) is 11.6 Å². The lowest BCUT2D eigenvalue weighted by Gasteiger charge is -2.32. The molecule has 1 aliphatic heterocycles. The van der Waals surface area contributed by atoms with Gasteiger partial charge in [0.05, 0.1) is 5.52 Å². The van der Waals surface area contributed by atoms with Gasteiger partial charge in [0, 0.05) is 24.4 Å². The summed E-state index contributed by atoms with van der Waals surface area (Å²) in [7, 11) is 0. The van der Waals surface area contributed by atoms with E-state index in [-0.39, 0.29) is 11.8 Å². The molecule has 1 aromatic carbocycles. The maximum absolute atomic E-state index is 11.2. The third-order valence-corrected chi connectivity index (χ3v) is 3.97. The molecule has 1 saturated heterocycles. The molecule has 0 bridgehead atoms. The first kappa shape index (κ1) is 12.8. The lowest BCUT2D eigenvalue weighted by molar-refractivity contribution is -0.122. The average Bonchev–Trinajstić information content (AvgIpc) is 2.46. The maximum Gasteiger partial charge on any atom is 0.220 e. The summed E-state index contributed by atoms with van der Waals surface area (Å²) in [6, 6.07) is 6.19. The Morgan fingerprint density at radius 3 is 2.75 bits per heavy atom. The number of aromatic nitrogens is 2. The minimum Gasteiger partial charge on any atom is -0.369 e. The third kappa shape index (κ3) is 2.31. The van der Waals surface area contributed by atoms with E-state index in [9.17, 15) is 4.79 Å². The van der Waals surface area contributed by atoms with E-state index in [1.807, 2.05) is 6.07 Å². The van der Waals surface area contributed by atoms with Gasteiger partial charge in [-0.05, 0) is 31.9 Å². The summed E-state index contributed by atoms with van der Waals surface area (Å²) >= 11 is 0. The topological polar surface area (TPSA) is 72.1 Å². The molecule has 1 amide bonds. The Labute approximate surface area is 117 Å². The summed E-state index contributed by atoms with van der Waals surface area (Å²) in [5.74, 6) is 0.774. The van der Waals surface area contributed by atoms with Gasteiger partial charge >= 0.3 is 0 Å². The van der Waals surface area contributed by atoms with Crippen LogP contribution in [0.15, 0.2) is 24.5 Å². The Morgan fingerprint density at radius 1 is 1.30 bits per heavy atom. The van der Waals surface area contributed by atoms with Crippen LogP contribution in [0.25, 0.3) is 10.9 Å². The van der Waals surface area contributed by atoms with E-state index in [1.54, 1.807) is 6.33 Å². The molecule has 3 rings (SSSR count). The molecule has 0 radical (unpaired) electrons. The fraction of sp³-hybridized carbons (Fsp3) is 0.400. The molecule has 0 saturated carbocycles. The van der Waals surface area contributed by atoms with Gasteiger partial charge < -0.3 is 10.6 Å². The van der Waals surface area contributed by atoms with Gasteiger partial charge in [0.2, 0.25) is 5.91 Å². The van der Waals surface area contributed by atoms with E-state index < -0.39 is 0 Å². The van der Waals surface area contributed by atoms with Crippen LogP contribution in [0.1, 0.15) is 18.4 Å². The molecule has 5 nitrogen and oxygen atoms in total. The number of carbonyl (C=O) groups is 1. The lowest BCUT2D eigenvalue weighted by atomic mass is 9.96. The minimum absolute atomic E-state index is 0.00101. The quantitative estimate of drug-likeness (QED) is 0.900. The number of nitrogens with two attached hydrogens (primary N) is 1. The predicted octanol–water partition coefficient (Wildman–Crippen LogP) is 1.64. The number of rotatable bonds is 2. The van der Waals surface area contributed by atoms with Crippen molar-refractivity contribution < 1.29 is 4.79 Å². The minimum atomic E-state index is -0.187. The smallest absolute Gasteiger partial charge is 0.220 e. The second-order valence-electron chi connectivity index (χ2n) is 5.38. The molecular weight excluding hydrogens is 252 g/mol. The number of anilines is 1. The first-order chi connectivity index (χ1) is 9.65. The van der Waals surface area contributed by atoms with Crippen molar-refractivity contribution in [2.45, 2.75) is 19.8 Å². The van der Waals surface area contributed by atoms with E-state index in [4.69, 9.17) is 5.73 Å². The average molecular weight is 270 g/mol. The van der Waals surface area contributed by atoms with Gasteiger partial charge in [0.25, 0.3) is 0 Å². The van der Waals surface area contributed by atoms with Crippen molar-refractivity contribution in [1.29, 1.82) is 0 Å². The number of benzene rings is 1. The Kier molecular flexibility index (Phi) is 3.26. The van der Waals surface area contributed by atoms with Gasteiger partial charge in [0.1, 0.15) is 12.1 Å². The van der Waals surface area contributed by atoms with Gasteiger partial charge in [-0.15, -0.1) is 0 Å². The van der Waals surface area contributed by atoms with Gasteiger partial charge in [0.15, 0.2) is 0 Å². The summed E-state index contributed by atoms with van der Waals surface area (Å²) in [5, 5.41) is 1.07. The number of hydrogen-bond acceptors (Lipinski definition) is 4. The van der Waals surface area contributed by atoms with Crippen LogP contribution in [0.2, 0.25) is 0 Å². The van der Waals surface area contributed by atoms with Crippen LogP contribution in [0.4, 0.5) is 5.82 Å². The largest absolute Gasteiger partial charge is 0.369 e. The Balaban J connectivity index is 1.91. The Bertz CT molecular complexity index is 647. The summed E-state index contributed by atoms with van der Waals surface area (Å²) in [6.45, 7) is 3.69. The first-order valence-electron chi connectivity index (χ1n) is 6.91. The maximum atomic E-state index is 11.2. The molecule has 2 N–H and O–H groups in total. The van der Waals surface area contributed by atoms with Crippen molar-refractivity contribution in [3.05, 3.63) is 30.1 Å². The molecule has 1 fully saturated rings. The van der Waals surface area contributed by atoms with Crippen LogP contribution < -0.4 is 10.6 Å². The molecule has 5 heteroatoms. The highest BCUT2D eigenvalue weighted by Gasteiger charge is 2.24. The molecule has 0 spiro atoms. The summed E-state index contributed by atoms with van der Waals surface area (Å²) in [4.78, 5) is 22.2. The van der Waals surface area contributed by atoms with Crippen LogP contribution >= 0.6 is 0 Å². The molecular formula is C15H18N4O. The number of hydrogen-bond donors (Lipinski definition) is 1. The molecule has 1 aromatic heterocycles. The highest BCUT2D eigenvalue weighted by atomic mass is 16.1. The Hall–Kier alpha value is -2.17. The highest BCUT2D eigenvalue weighted by Crippen LogP contribution is 2.27. The van der Waals surface area contributed by atoms with Crippen LogP contribution in [-0.2, 0) is 4.79 Å². The second kappa shape index (κ2) is 5.07. The van der Waals surface area contributed by atoms with Crippen LogP contribution in [0.5, 0.6) is 0 Å². The second-order valence-corrected chi connectivity index (χ2v) is 5.38. The Morgan fingerprint density at radius 2 is 2.05 bits per heavy atom. The van der Waals surface area contributed by atoms with E-state index in [1.165, 1.54) is 5.56 Å². The predicted molar refractivity (Wildman–Crippen MR) is 78.4 cm³/mol. The van der Waals surface area contributed by atoms with Crippen molar-refractivity contribution in [3.63, 3.8) is 0 Å². The lowest BCUT2D eigenvalue weighted by Crippen LogP contribution is -2.39. The van der Waals surface area contributed by atoms with Crippen molar-refractivity contribution >= 4 is 22.6 Å². The standard InChI is InChI=1S/C15H18N4O/c1-10-2-3-13-12(8-10)15(18-9-17-13)19-6-4-11(5-7-19)14(16)20/h2-3,8-9,11H,4-7H2,1H3,(H2,16,20). The molecule has 0 aliphatic carbocycles. The van der Waals surface area contributed by atoms with Gasteiger partial charge in [-0.3, -0.25) is 4.79 Å². The zero-order valence-corrected chi connectivity index (χ0v) is 11.5. The molecule has 1 aliphatic rings. The molecule has 2 aromatic rings. The van der Waals surface area contributed by atoms with E-state index in [0.29, 0.717) is 0 Å². The number of piperidine rings is 1. The number of fused-ring (bicyclic) bond motifs is 1. The number of aryl methyl sites for hydroxylation is 1. The molecule has 104 valence electrons. The molecule has 0 unspecified atom stereocenters. The van der Waals surface area contributed by atoms with Crippen molar-refractivity contribution in [3.8, 4) is 0 Å². The first-order valence-corrected chi connectivity index (χ1v) is 6.91. The van der Waals surface area contributed by atoms with Crippen LogP contribution in [0, 0.1) is 12.8 Å². The number of carbonyl (C=O) groups excluding carboxylic acids is 1. The summed E-state index contributed by atoms with van der Waals surface area (Å²) in [5.41, 5.74) is 7.53. The molecule has 2 heterocycles. The highest BCUT2D eigenvalue weighted by molar-refractivity contribution is 5.90.